The van der Waals surface area contributed by atoms with Gasteiger partial charge < -0.3 is 14.2 Å². The maximum atomic E-state index is 12.6. The largest absolute Gasteiger partial charge is 0.462 e. The fourth-order valence-electron chi connectivity index (χ4n) is 4.93. The van der Waals surface area contributed by atoms with Gasteiger partial charge in [0.1, 0.15) is 13.2 Å². The van der Waals surface area contributed by atoms with Gasteiger partial charge in [-0.25, -0.2) is 0 Å². The highest BCUT2D eigenvalue weighted by atomic mass is 16.6. The molecule has 51 heavy (non-hydrogen) atoms. The van der Waals surface area contributed by atoms with Gasteiger partial charge in [0.15, 0.2) is 6.10 Å². The molecule has 0 fully saturated rings. The van der Waals surface area contributed by atoms with Crippen molar-refractivity contribution >= 4 is 17.9 Å². The van der Waals surface area contributed by atoms with Crippen LogP contribution < -0.4 is 0 Å². The lowest BCUT2D eigenvalue weighted by Crippen LogP contribution is -2.30. The molecule has 0 N–H and O–H groups in total. The molecule has 6 nitrogen and oxygen atoms in total. The summed E-state index contributed by atoms with van der Waals surface area (Å²) in [6.07, 6.45) is 49.0. The van der Waals surface area contributed by atoms with Crippen molar-refractivity contribution in [3.8, 4) is 0 Å². The van der Waals surface area contributed by atoms with E-state index in [0.29, 0.717) is 12.8 Å². The van der Waals surface area contributed by atoms with E-state index < -0.39 is 18.0 Å². The quantitative estimate of drug-likeness (QED) is 0.0286. The van der Waals surface area contributed by atoms with Gasteiger partial charge >= 0.3 is 17.9 Å². The van der Waals surface area contributed by atoms with Crippen molar-refractivity contribution in [2.45, 2.75) is 168 Å². The first-order valence-corrected chi connectivity index (χ1v) is 20.1. The van der Waals surface area contributed by atoms with Gasteiger partial charge in [-0.3, -0.25) is 14.4 Å². The first-order chi connectivity index (χ1) is 25.0. The molecule has 288 valence electrons. The van der Waals surface area contributed by atoms with Gasteiger partial charge in [0.25, 0.3) is 0 Å². The zero-order chi connectivity index (χ0) is 37.3. The van der Waals surface area contributed by atoms with E-state index in [-0.39, 0.29) is 32.0 Å². The molecule has 0 radical (unpaired) electrons. The lowest BCUT2D eigenvalue weighted by molar-refractivity contribution is -0.166. The predicted octanol–water partition coefficient (Wildman–Crippen LogP) is 12.5. The molecule has 0 bridgehead atoms. The van der Waals surface area contributed by atoms with Crippen LogP contribution in [0.2, 0.25) is 0 Å². The highest BCUT2D eigenvalue weighted by Gasteiger charge is 2.19. The van der Waals surface area contributed by atoms with Crippen LogP contribution in [0, 0.1) is 0 Å². The van der Waals surface area contributed by atoms with Crippen LogP contribution in [0.4, 0.5) is 0 Å². The second-order valence-corrected chi connectivity index (χ2v) is 12.8. The Hall–Kier alpha value is -3.41. The summed E-state index contributed by atoms with van der Waals surface area (Å²) in [6, 6.07) is 0. The Morgan fingerprint density at radius 3 is 1.45 bits per heavy atom. The Balaban J connectivity index is 4.56. The van der Waals surface area contributed by atoms with Crippen LogP contribution in [-0.4, -0.2) is 37.2 Å². The third kappa shape index (κ3) is 37.7. The minimum Gasteiger partial charge on any atom is -0.462 e. The van der Waals surface area contributed by atoms with Gasteiger partial charge in [0, 0.05) is 12.8 Å². The Morgan fingerprint density at radius 2 is 0.863 bits per heavy atom. The first-order valence-electron chi connectivity index (χ1n) is 20.1. The molecule has 0 aromatic heterocycles. The van der Waals surface area contributed by atoms with Crippen molar-refractivity contribution in [3.63, 3.8) is 0 Å². The molecular formula is C45H72O6. The number of allylic oxidation sites excluding steroid dienone is 13. The molecule has 6 heteroatoms. The molecule has 0 aliphatic rings. The summed E-state index contributed by atoms with van der Waals surface area (Å²) in [6.45, 7) is 6.19. The van der Waals surface area contributed by atoms with Crippen molar-refractivity contribution in [1.82, 2.24) is 0 Å². The summed E-state index contributed by atoms with van der Waals surface area (Å²) < 4.78 is 16.4. The van der Waals surface area contributed by atoms with E-state index in [0.717, 1.165) is 77.0 Å². The summed E-state index contributed by atoms with van der Waals surface area (Å²) >= 11 is 0. The molecule has 1 atom stereocenters. The van der Waals surface area contributed by atoms with Crippen molar-refractivity contribution < 1.29 is 28.6 Å². The summed E-state index contributed by atoms with van der Waals surface area (Å²) in [5.41, 5.74) is 0. The summed E-state index contributed by atoms with van der Waals surface area (Å²) in [5.74, 6) is -1.15. The zero-order valence-electron chi connectivity index (χ0n) is 32.6. The highest BCUT2D eigenvalue weighted by molar-refractivity contribution is 5.72. The van der Waals surface area contributed by atoms with Gasteiger partial charge in [-0.2, -0.15) is 0 Å². The van der Waals surface area contributed by atoms with Crippen molar-refractivity contribution in [2.24, 2.45) is 0 Å². The summed E-state index contributed by atoms with van der Waals surface area (Å²) in [4.78, 5) is 37.4. The van der Waals surface area contributed by atoms with Gasteiger partial charge in [0.05, 0.1) is 6.42 Å². The lowest BCUT2D eigenvalue weighted by Gasteiger charge is -2.18. The van der Waals surface area contributed by atoms with Crippen LogP contribution >= 0.6 is 0 Å². The minimum absolute atomic E-state index is 0.120. The number of hydrogen-bond acceptors (Lipinski definition) is 6. The van der Waals surface area contributed by atoms with Crippen LogP contribution in [0.15, 0.2) is 85.1 Å². The molecular weight excluding hydrogens is 636 g/mol. The number of ether oxygens (including phenoxy) is 3. The molecule has 0 spiro atoms. The average Bonchev–Trinajstić information content (AvgIpc) is 3.12. The van der Waals surface area contributed by atoms with Gasteiger partial charge in [-0.1, -0.05) is 144 Å². The Bertz CT molecular complexity index is 1040. The van der Waals surface area contributed by atoms with Gasteiger partial charge in [0.2, 0.25) is 0 Å². The third-order valence-electron chi connectivity index (χ3n) is 7.90. The molecule has 0 aromatic rings. The Kier molecular flexibility index (Phi) is 36.7. The minimum atomic E-state index is -0.840. The van der Waals surface area contributed by atoms with Crippen LogP contribution in [0.3, 0.4) is 0 Å². The maximum Gasteiger partial charge on any atom is 0.309 e. The lowest BCUT2D eigenvalue weighted by atomic mass is 10.1. The van der Waals surface area contributed by atoms with E-state index in [1.165, 1.54) is 38.5 Å². The second-order valence-electron chi connectivity index (χ2n) is 12.8. The second kappa shape index (κ2) is 39.4. The van der Waals surface area contributed by atoms with Crippen molar-refractivity contribution in [2.75, 3.05) is 13.2 Å². The van der Waals surface area contributed by atoms with E-state index in [2.05, 4.69) is 93.7 Å². The van der Waals surface area contributed by atoms with E-state index in [9.17, 15) is 14.4 Å². The normalized spacial score (nSPS) is 12.9. The smallest absolute Gasteiger partial charge is 0.309 e. The molecule has 0 aliphatic carbocycles. The highest BCUT2D eigenvalue weighted by Crippen LogP contribution is 2.10. The fraction of sp³-hybridized carbons (Fsp3) is 0.622. The van der Waals surface area contributed by atoms with E-state index >= 15 is 0 Å². The molecule has 0 aromatic carbocycles. The topological polar surface area (TPSA) is 78.9 Å². The molecule has 0 saturated heterocycles. The SMILES string of the molecule is CC/C=C\C/C=C\C/C=C\CCCC(=O)OC(COC(=O)C/C=C\C/C=C\C/C=C\CC)COC(=O)CCCCC/C=C\CCCCCCCC. The Labute approximate surface area is 312 Å². The standard InChI is InChI=1S/C45H72O6/c1-4-7-10-13-16-19-21-22-24-26-29-32-35-38-44(47)50-41-42(40-49-43(46)37-34-31-28-25-18-15-12-9-6-3)51-45(48)39-36-33-30-27-23-20-17-14-11-8-5-2/h8-9,11-12,17-18,20,22,24-25,27,30-31,34,42H,4-7,10,13-16,19,21,23,26,28-29,32-33,35-41H2,1-3H3/b11-8-,12-9-,20-17-,24-22-,25-18-,30-27-,34-31-. The zero-order valence-corrected chi connectivity index (χ0v) is 32.6. The molecule has 0 rings (SSSR count). The maximum absolute atomic E-state index is 12.6. The molecule has 0 heterocycles. The first kappa shape index (κ1) is 47.6. The van der Waals surface area contributed by atoms with E-state index in [4.69, 9.17) is 14.2 Å². The molecule has 0 saturated carbocycles. The number of carbonyl (C=O) groups is 3. The number of unbranched alkanes of at least 4 members (excludes halogenated alkanes) is 10. The molecule has 0 amide bonds. The summed E-state index contributed by atoms with van der Waals surface area (Å²) in [7, 11) is 0. The van der Waals surface area contributed by atoms with Gasteiger partial charge in [-0.15, -0.1) is 0 Å². The third-order valence-corrected chi connectivity index (χ3v) is 7.90. The number of carbonyl (C=O) groups excluding carboxylic acids is 3. The van der Waals surface area contributed by atoms with E-state index in [1.807, 2.05) is 6.08 Å². The van der Waals surface area contributed by atoms with Gasteiger partial charge in [-0.05, 0) is 83.5 Å². The predicted molar refractivity (Wildman–Crippen MR) is 214 cm³/mol. The van der Waals surface area contributed by atoms with Crippen LogP contribution in [0.1, 0.15) is 162 Å². The summed E-state index contributed by atoms with van der Waals surface area (Å²) in [5, 5.41) is 0. The number of esters is 3. The van der Waals surface area contributed by atoms with Crippen molar-refractivity contribution in [3.05, 3.63) is 85.1 Å². The fourth-order valence-corrected chi connectivity index (χ4v) is 4.93. The molecule has 1 unspecified atom stereocenters. The number of hydrogen-bond donors (Lipinski definition) is 0. The van der Waals surface area contributed by atoms with E-state index in [1.54, 1.807) is 6.08 Å². The Morgan fingerprint density at radius 1 is 0.431 bits per heavy atom. The molecule has 0 aliphatic heterocycles. The number of rotatable bonds is 34. The monoisotopic (exact) mass is 709 g/mol. The van der Waals surface area contributed by atoms with Crippen LogP contribution in [-0.2, 0) is 28.6 Å². The van der Waals surface area contributed by atoms with Crippen LogP contribution in [0.25, 0.3) is 0 Å². The average molecular weight is 709 g/mol. The van der Waals surface area contributed by atoms with Crippen molar-refractivity contribution in [1.29, 1.82) is 0 Å². The van der Waals surface area contributed by atoms with Crippen LogP contribution in [0.5, 0.6) is 0 Å².